The molecule has 2 saturated heterocycles. The van der Waals surface area contributed by atoms with Gasteiger partial charge in [0.05, 0.1) is 24.4 Å². The first-order valence-corrected chi connectivity index (χ1v) is 16.6. The van der Waals surface area contributed by atoms with Crippen LogP contribution in [0.3, 0.4) is 0 Å². The molecule has 264 valence electrons. The van der Waals surface area contributed by atoms with Crippen molar-refractivity contribution >= 4 is 52.9 Å². The number of ether oxygens (including phenoxy) is 1. The van der Waals surface area contributed by atoms with Crippen LogP contribution in [-0.2, 0) is 19.1 Å². The molecule has 2 aromatic rings. The molecular weight excluding hydrogens is 630 g/mol. The van der Waals surface area contributed by atoms with Crippen molar-refractivity contribution in [2.75, 3.05) is 30.8 Å². The molecule has 0 radical (unpaired) electrons. The Hall–Kier alpha value is -5.08. The van der Waals surface area contributed by atoms with E-state index in [1.165, 1.54) is 24.4 Å². The van der Waals surface area contributed by atoms with E-state index in [4.69, 9.17) is 5.73 Å². The number of carbonyl (C=O) groups is 5. The SMILES string of the molecule is COC(=O)N[C@H](C(=O)N1CCC[C@H]1C(=O)Nc1ncc(C(=O)Nc2ccc(N=C(N)[C@@H]3CCCN3C(=O)[C@@H](C)C(C)C)cc2)cn1)C(C)C. The fourth-order valence-electron chi connectivity index (χ4n) is 5.82. The Labute approximate surface area is 286 Å². The summed E-state index contributed by atoms with van der Waals surface area (Å²) in [6.45, 7) is 10.6. The number of nitrogens with zero attached hydrogens (tertiary/aromatic N) is 5. The number of aromatic nitrogens is 2. The summed E-state index contributed by atoms with van der Waals surface area (Å²) in [5, 5.41) is 7.95. The molecule has 1 aromatic heterocycles. The summed E-state index contributed by atoms with van der Waals surface area (Å²) in [4.78, 5) is 80.1. The molecule has 15 heteroatoms. The van der Waals surface area contributed by atoms with Crippen LogP contribution in [0.2, 0.25) is 0 Å². The van der Waals surface area contributed by atoms with E-state index in [9.17, 15) is 24.0 Å². The van der Waals surface area contributed by atoms with Crippen molar-refractivity contribution in [3.8, 4) is 0 Å². The van der Waals surface area contributed by atoms with Crippen LogP contribution >= 0.6 is 0 Å². The third-order valence-electron chi connectivity index (χ3n) is 9.03. The molecule has 0 aliphatic carbocycles. The second-order valence-electron chi connectivity index (χ2n) is 13.1. The molecule has 1 aromatic carbocycles. The van der Waals surface area contributed by atoms with E-state index < -0.39 is 30.0 Å². The molecule has 3 heterocycles. The van der Waals surface area contributed by atoms with Crippen LogP contribution < -0.4 is 21.7 Å². The van der Waals surface area contributed by atoms with Gasteiger partial charge in [-0.2, -0.15) is 0 Å². The minimum atomic E-state index is -0.852. The van der Waals surface area contributed by atoms with Gasteiger partial charge in [0.25, 0.3) is 5.91 Å². The van der Waals surface area contributed by atoms with Crippen LogP contribution in [-0.4, -0.2) is 93.7 Å². The maximum atomic E-state index is 13.2. The Morgan fingerprint density at radius 2 is 1.45 bits per heavy atom. The molecule has 5 N–H and O–H groups in total. The van der Waals surface area contributed by atoms with Crippen molar-refractivity contribution in [1.82, 2.24) is 25.1 Å². The first-order chi connectivity index (χ1) is 23.3. The number of alkyl carbamates (subject to hydrolysis) is 1. The average molecular weight is 678 g/mol. The lowest BCUT2D eigenvalue weighted by Gasteiger charge is -2.30. The van der Waals surface area contributed by atoms with Gasteiger partial charge in [0, 0.05) is 37.1 Å². The fourth-order valence-corrected chi connectivity index (χ4v) is 5.82. The van der Waals surface area contributed by atoms with Crippen LogP contribution in [0.25, 0.3) is 0 Å². The van der Waals surface area contributed by atoms with E-state index in [-0.39, 0.29) is 47.1 Å². The van der Waals surface area contributed by atoms with Crippen LogP contribution in [0.1, 0.15) is 70.7 Å². The van der Waals surface area contributed by atoms with Gasteiger partial charge in [-0.3, -0.25) is 24.5 Å². The lowest BCUT2D eigenvalue weighted by Crippen LogP contribution is -2.54. The van der Waals surface area contributed by atoms with Crippen LogP contribution in [0.15, 0.2) is 41.7 Å². The summed E-state index contributed by atoms with van der Waals surface area (Å²) in [6, 6.07) is 4.97. The predicted octanol–water partition coefficient (Wildman–Crippen LogP) is 3.31. The monoisotopic (exact) mass is 677 g/mol. The van der Waals surface area contributed by atoms with Crippen molar-refractivity contribution in [2.24, 2.45) is 28.5 Å². The van der Waals surface area contributed by atoms with E-state index >= 15 is 0 Å². The van der Waals surface area contributed by atoms with Gasteiger partial charge < -0.3 is 30.9 Å². The van der Waals surface area contributed by atoms with Crippen molar-refractivity contribution in [3.63, 3.8) is 0 Å². The Balaban J connectivity index is 1.33. The molecule has 0 saturated carbocycles. The number of anilines is 2. The molecule has 4 atom stereocenters. The van der Waals surface area contributed by atoms with Gasteiger partial charge in [-0.15, -0.1) is 0 Å². The van der Waals surface area contributed by atoms with E-state index in [1.807, 2.05) is 25.7 Å². The zero-order valence-corrected chi connectivity index (χ0v) is 28.9. The number of nitrogens with one attached hydrogen (secondary N) is 3. The minimum Gasteiger partial charge on any atom is -0.453 e. The van der Waals surface area contributed by atoms with E-state index in [1.54, 1.807) is 38.1 Å². The Morgan fingerprint density at radius 1 is 0.857 bits per heavy atom. The Morgan fingerprint density at radius 3 is 2.02 bits per heavy atom. The number of benzene rings is 1. The molecule has 4 rings (SSSR count). The van der Waals surface area contributed by atoms with Crippen LogP contribution in [0.5, 0.6) is 0 Å². The van der Waals surface area contributed by atoms with Gasteiger partial charge in [-0.25, -0.2) is 19.8 Å². The average Bonchev–Trinajstić information content (AvgIpc) is 3.78. The van der Waals surface area contributed by atoms with Gasteiger partial charge in [0.1, 0.15) is 17.9 Å². The second-order valence-corrected chi connectivity index (χ2v) is 13.1. The van der Waals surface area contributed by atoms with Gasteiger partial charge >= 0.3 is 6.09 Å². The van der Waals surface area contributed by atoms with Gasteiger partial charge in [-0.1, -0.05) is 34.6 Å². The highest BCUT2D eigenvalue weighted by molar-refractivity contribution is 6.04. The first-order valence-electron chi connectivity index (χ1n) is 16.6. The molecule has 2 aliphatic rings. The summed E-state index contributed by atoms with van der Waals surface area (Å²) >= 11 is 0. The fraction of sp³-hybridized carbons (Fsp3) is 0.529. The van der Waals surface area contributed by atoms with Crippen molar-refractivity contribution in [3.05, 3.63) is 42.2 Å². The number of carbonyl (C=O) groups excluding carboxylic acids is 5. The van der Waals surface area contributed by atoms with Crippen LogP contribution in [0.4, 0.5) is 22.1 Å². The highest BCUT2D eigenvalue weighted by Crippen LogP contribution is 2.25. The molecule has 49 heavy (non-hydrogen) atoms. The molecule has 0 unspecified atom stereocenters. The van der Waals surface area contributed by atoms with Crippen molar-refractivity contribution in [1.29, 1.82) is 0 Å². The van der Waals surface area contributed by atoms with E-state index in [0.29, 0.717) is 43.1 Å². The number of hydrogen-bond donors (Lipinski definition) is 4. The third kappa shape index (κ3) is 9.09. The summed E-state index contributed by atoms with van der Waals surface area (Å²) < 4.78 is 4.65. The maximum absolute atomic E-state index is 13.2. The summed E-state index contributed by atoms with van der Waals surface area (Å²) in [5.74, 6) is -0.950. The normalized spacial score (nSPS) is 19.1. The lowest BCUT2D eigenvalue weighted by molar-refractivity contribution is -0.139. The van der Waals surface area contributed by atoms with Crippen molar-refractivity contribution in [2.45, 2.75) is 78.4 Å². The Bertz CT molecular complexity index is 1540. The van der Waals surface area contributed by atoms with E-state index in [0.717, 1.165) is 12.8 Å². The highest BCUT2D eigenvalue weighted by Gasteiger charge is 2.39. The largest absolute Gasteiger partial charge is 0.453 e. The van der Waals surface area contributed by atoms with Crippen LogP contribution in [0, 0.1) is 17.8 Å². The predicted molar refractivity (Wildman–Crippen MR) is 184 cm³/mol. The lowest BCUT2D eigenvalue weighted by atomic mass is 9.96. The number of likely N-dealkylation sites (tertiary alicyclic amines) is 2. The Kier molecular flexibility index (Phi) is 12.3. The third-order valence-corrected chi connectivity index (χ3v) is 9.03. The highest BCUT2D eigenvalue weighted by atomic mass is 16.5. The molecule has 0 spiro atoms. The zero-order valence-electron chi connectivity index (χ0n) is 28.9. The molecular formula is C34H47N9O6. The zero-order chi connectivity index (χ0) is 35.8. The standard InChI is InChI=1S/C34H47N9O6/c1-19(2)21(5)31(46)42-15-7-9-25(42)28(35)38-23-11-13-24(14-12-23)39-29(44)22-17-36-33(37-18-22)41-30(45)26-10-8-16-43(26)32(47)27(20(3)4)40-34(48)49-6/h11-14,17-21,25-27H,7-10,15-16H2,1-6H3,(H2,35,38)(H,39,44)(H,40,48)(H,36,37,41,45)/t21-,25-,26-,27-/m0/s1. The minimum absolute atomic E-state index is 0.0186. The van der Waals surface area contributed by atoms with Crippen molar-refractivity contribution < 1.29 is 28.7 Å². The van der Waals surface area contributed by atoms with Gasteiger partial charge in [0.2, 0.25) is 23.7 Å². The number of methoxy groups -OCH3 is 1. The van der Waals surface area contributed by atoms with Gasteiger partial charge in [-0.05, 0) is 61.8 Å². The molecule has 5 amide bonds. The number of amidine groups is 1. The number of nitrogens with two attached hydrogens (primary N) is 1. The number of aliphatic imine (C=N–C) groups is 1. The summed E-state index contributed by atoms with van der Waals surface area (Å²) in [6.07, 6.45) is 4.54. The summed E-state index contributed by atoms with van der Waals surface area (Å²) in [7, 11) is 1.22. The smallest absolute Gasteiger partial charge is 0.407 e. The maximum Gasteiger partial charge on any atom is 0.407 e. The number of rotatable bonds is 11. The molecule has 2 fully saturated rings. The first kappa shape index (κ1) is 36.8. The molecule has 2 aliphatic heterocycles. The number of hydrogen-bond acceptors (Lipinski definition) is 9. The second kappa shape index (κ2) is 16.3. The molecule has 15 nitrogen and oxygen atoms in total. The van der Waals surface area contributed by atoms with Gasteiger partial charge in [0.15, 0.2) is 0 Å². The summed E-state index contributed by atoms with van der Waals surface area (Å²) in [5.41, 5.74) is 7.63. The van der Waals surface area contributed by atoms with E-state index in [2.05, 4.69) is 35.6 Å². The quantitative estimate of drug-likeness (QED) is 0.203. The topological polar surface area (TPSA) is 201 Å². The molecule has 0 bridgehead atoms. The number of amides is 5.